The average molecular weight is 248 g/mol. The van der Waals surface area contributed by atoms with Gasteiger partial charge in [-0.1, -0.05) is 19.1 Å². The largest absolute Gasteiger partial charge is 0.494 e. The molecule has 1 aliphatic rings. The van der Waals surface area contributed by atoms with Crippen LogP contribution in [0.25, 0.3) is 0 Å². The topological polar surface area (TPSA) is 38.5 Å². The Morgan fingerprint density at radius 1 is 1.28 bits per heavy atom. The highest BCUT2D eigenvalue weighted by molar-refractivity contribution is 5.27. The molecule has 18 heavy (non-hydrogen) atoms. The number of rotatable bonds is 4. The van der Waals surface area contributed by atoms with Gasteiger partial charge in [-0.3, -0.25) is 4.90 Å². The molecule has 0 bridgehead atoms. The zero-order valence-corrected chi connectivity index (χ0v) is 11.4. The van der Waals surface area contributed by atoms with Gasteiger partial charge in [-0.15, -0.1) is 0 Å². The molecule has 0 saturated carbocycles. The lowest BCUT2D eigenvalue weighted by Crippen LogP contribution is -2.45. The summed E-state index contributed by atoms with van der Waals surface area (Å²) in [4.78, 5) is 2.45. The standard InChI is InChI=1S/C15H24N2O/c1-3-18-15-6-4-13(5-7-15)10-17-9-12(2)8-14(16)11-17/h4-7,12,14H,3,8-11,16H2,1-2H3. The number of likely N-dealkylation sites (tertiary alicyclic amines) is 1. The van der Waals surface area contributed by atoms with Gasteiger partial charge in [0.2, 0.25) is 0 Å². The lowest BCUT2D eigenvalue weighted by atomic mass is 9.96. The number of benzene rings is 1. The van der Waals surface area contributed by atoms with Gasteiger partial charge in [-0.2, -0.15) is 0 Å². The van der Waals surface area contributed by atoms with E-state index in [9.17, 15) is 0 Å². The lowest BCUT2D eigenvalue weighted by Gasteiger charge is -2.34. The van der Waals surface area contributed by atoms with Gasteiger partial charge in [0, 0.05) is 25.7 Å². The van der Waals surface area contributed by atoms with Gasteiger partial charge in [-0.25, -0.2) is 0 Å². The van der Waals surface area contributed by atoms with Crippen molar-refractivity contribution in [3.05, 3.63) is 29.8 Å². The molecule has 0 radical (unpaired) electrons. The van der Waals surface area contributed by atoms with Crippen LogP contribution in [0.15, 0.2) is 24.3 Å². The molecular weight excluding hydrogens is 224 g/mol. The maximum absolute atomic E-state index is 6.07. The molecular formula is C15H24N2O. The van der Waals surface area contributed by atoms with Crippen molar-refractivity contribution < 1.29 is 4.74 Å². The molecule has 1 aromatic rings. The fourth-order valence-corrected chi connectivity index (χ4v) is 2.76. The molecule has 0 amide bonds. The third-order valence-electron chi connectivity index (χ3n) is 3.41. The molecule has 100 valence electrons. The number of hydrogen-bond donors (Lipinski definition) is 1. The molecule has 2 rings (SSSR count). The van der Waals surface area contributed by atoms with Crippen LogP contribution in [0.5, 0.6) is 5.75 Å². The van der Waals surface area contributed by atoms with Crippen molar-refractivity contribution in [2.75, 3.05) is 19.7 Å². The number of nitrogens with zero attached hydrogens (tertiary/aromatic N) is 1. The van der Waals surface area contributed by atoms with Crippen LogP contribution in [0.4, 0.5) is 0 Å². The molecule has 3 heteroatoms. The van der Waals surface area contributed by atoms with Gasteiger partial charge < -0.3 is 10.5 Å². The molecule has 0 aromatic heterocycles. The Bertz CT molecular complexity index is 353. The minimum atomic E-state index is 0.330. The summed E-state index contributed by atoms with van der Waals surface area (Å²) < 4.78 is 5.45. The van der Waals surface area contributed by atoms with Crippen LogP contribution in [0.2, 0.25) is 0 Å². The minimum absolute atomic E-state index is 0.330. The number of piperidine rings is 1. The minimum Gasteiger partial charge on any atom is -0.494 e. The van der Waals surface area contributed by atoms with E-state index in [0.29, 0.717) is 12.0 Å². The molecule has 3 nitrogen and oxygen atoms in total. The van der Waals surface area contributed by atoms with Crippen LogP contribution in [0.3, 0.4) is 0 Å². The molecule has 2 atom stereocenters. The Kier molecular flexibility index (Phi) is 4.61. The quantitative estimate of drug-likeness (QED) is 0.888. The van der Waals surface area contributed by atoms with E-state index in [1.54, 1.807) is 0 Å². The molecule has 2 unspecified atom stereocenters. The Morgan fingerprint density at radius 2 is 2.00 bits per heavy atom. The first-order valence-electron chi connectivity index (χ1n) is 6.87. The Morgan fingerprint density at radius 3 is 2.61 bits per heavy atom. The smallest absolute Gasteiger partial charge is 0.119 e. The van der Waals surface area contributed by atoms with Crippen molar-refractivity contribution in [1.82, 2.24) is 4.90 Å². The van der Waals surface area contributed by atoms with Crippen molar-refractivity contribution in [2.24, 2.45) is 11.7 Å². The first-order valence-corrected chi connectivity index (χ1v) is 6.87. The molecule has 2 N–H and O–H groups in total. The number of nitrogens with two attached hydrogens (primary N) is 1. The molecule has 1 aliphatic heterocycles. The van der Waals surface area contributed by atoms with Crippen LogP contribution in [0.1, 0.15) is 25.8 Å². The second kappa shape index (κ2) is 6.21. The summed E-state index contributed by atoms with van der Waals surface area (Å²) in [6, 6.07) is 8.72. The molecule has 1 saturated heterocycles. The van der Waals surface area contributed by atoms with Gasteiger partial charge in [0.15, 0.2) is 0 Å². The van der Waals surface area contributed by atoms with Crippen molar-refractivity contribution >= 4 is 0 Å². The van der Waals surface area contributed by atoms with E-state index in [1.807, 2.05) is 19.1 Å². The molecule has 1 aromatic carbocycles. The summed E-state index contributed by atoms with van der Waals surface area (Å²) in [5.74, 6) is 1.65. The van der Waals surface area contributed by atoms with E-state index in [2.05, 4.69) is 24.0 Å². The van der Waals surface area contributed by atoms with E-state index in [-0.39, 0.29) is 0 Å². The van der Waals surface area contributed by atoms with Crippen LogP contribution >= 0.6 is 0 Å². The van der Waals surface area contributed by atoms with E-state index in [0.717, 1.165) is 38.4 Å². The summed E-state index contributed by atoms with van der Waals surface area (Å²) >= 11 is 0. The van der Waals surface area contributed by atoms with Crippen LogP contribution < -0.4 is 10.5 Å². The molecule has 1 fully saturated rings. The first kappa shape index (κ1) is 13.4. The van der Waals surface area contributed by atoms with Crippen LogP contribution in [-0.4, -0.2) is 30.6 Å². The van der Waals surface area contributed by atoms with E-state index in [4.69, 9.17) is 10.5 Å². The first-order chi connectivity index (χ1) is 8.67. The Labute approximate surface area is 110 Å². The summed E-state index contributed by atoms with van der Waals surface area (Å²) in [7, 11) is 0. The van der Waals surface area contributed by atoms with Gasteiger partial charge in [0.25, 0.3) is 0 Å². The van der Waals surface area contributed by atoms with E-state index >= 15 is 0 Å². The van der Waals surface area contributed by atoms with E-state index < -0.39 is 0 Å². The predicted molar refractivity (Wildman–Crippen MR) is 74.6 cm³/mol. The second-order valence-electron chi connectivity index (χ2n) is 5.37. The zero-order valence-electron chi connectivity index (χ0n) is 11.4. The lowest BCUT2D eigenvalue weighted by molar-refractivity contribution is 0.158. The van der Waals surface area contributed by atoms with Crippen molar-refractivity contribution in [1.29, 1.82) is 0 Å². The van der Waals surface area contributed by atoms with Crippen LogP contribution in [-0.2, 0) is 6.54 Å². The summed E-state index contributed by atoms with van der Waals surface area (Å²) in [6.07, 6.45) is 1.15. The highest BCUT2D eigenvalue weighted by Crippen LogP contribution is 2.19. The summed E-state index contributed by atoms with van der Waals surface area (Å²) in [5.41, 5.74) is 7.40. The average Bonchev–Trinajstić information content (AvgIpc) is 2.31. The van der Waals surface area contributed by atoms with Gasteiger partial charge in [0.05, 0.1) is 6.61 Å². The second-order valence-corrected chi connectivity index (χ2v) is 5.37. The maximum Gasteiger partial charge on any atom is 0.119 e. The molecule has 1 heterocycles. The Hall–Kier alpha value is -1.06. The van der Waals surface area contributed by atoms with Crippen LogP contribution in [0, 0.1) is 5.92 Å². The zero-order chi connectivity index (χ0) is 13.0. The van der Waals surface area contributed by atoms with Crippen molar-refractivity contribution in [3.8, 4) is 5.75 Å². The van der Waals surface area contributed by atoms with Crippen molar-refractivity contribution in [2.45, 2.75) is 32.9 Å². The van der Waals surface area contributed by atoms with Crippen molar-refractivity contribution in [3.63, 3.8) is 0 Å². The summed E-state index contributed by atoms with van der Waals surface area (Å²) in [5, 5.41) is 0. The third-order valence-corrected chi connectivity index (χ3v) is 3.41. The van der Waals surface area contributed by atoms with Gasteiger partial charge in [-0.05, 0) is 37.0 Å². The van der Waals surface area contributed by atoms with Gasteiger partial charge >= 0.3 is 0 Å². The third kappa shape index (κ3) is 3.72. The fraction of sp³-hybridized carbons (Fsp3) is 0.600. The monoisotopic (exact) mass is 248 g/mol. The number of hydrogen-bond acceptors (Lipinski definition) is 3. The normalized spacial score (nSPS) is 25.1. The highest BCUT2D eigenvalue weighted by Gasteiger charge is 2.21. The fourth-order valence-electron chi connectivity index (χ4n) is 2.76. The maximum atomic E-state index is 6.07. The number of ether oxygens (including phenoxy) is 1. The Balaban J connectivity index is 1.92. The van der Waals surface area contributed by atoms with Gasteiger partial charge in [0.1, 0.15) is 5.75 Å². The molecule has 0 spiro atoms. The highest BCUT2D eigenvalue weighted by atomic mass is 16.5. The predicted octanol–water partition coefficient (Wildman–Crippen LogP) is 2.25. The summed E-state index contributed by atoms with van der Waals surface area (Å²) in [6.45, 7) is 8.16. The SMILES string of the molecule is CCOc1ccc(CN2CC(C)CC(N)C2)cc1. The van der Waals surface area contributed by atoms with E-state index in [1.165, 1.54) is 5.56 Å². The molecule has 0 aliphatic carbocycles.